The van der Waals surface area contributed by atoms with E-state index in [0.29, 0.717) is 22.9 Å². The number of carbonyl (C=O) groups excluding carboxylic acids is 2. The van der Waals surface area contributed by atoms with Crippen molar-refractivity contribution in [2.45, 2.75) is 6.42 Å². The molecule has 148 valence electrons. The maximum atomic E-state index is 13.8. The summed E-state index contributed by atoms with van der Waals surface area (Å²) in [7, 11) is 4.46. The molecule has 1 N–H and O–H groups in total. The number of nitrogens with zero attached hydrogens (tertiary/aromatic N) is 1. The van der Waals surface area contributed by atoms with Crippen molar-refractivity contribution in [3.63, 3.8) is 0 Å². The number of amides is 2. The highest BCUT2D eigenvalue weighted by molar-refractivity contribution is 6.03. The van der Waals surface area contributed by atoms with E-state index in [2.05, 4.69) is 5.32 Å². The van der Waals surface area contributed by atoms with Crippen molar-refractivity contribution in [1.82, 2.24) is 0 Å². The van der Waals surface area contributed by atoms with Gasteiger partial charge < -0.3 is 24.4 Å². The molecule has 8 heteroatoms. The number of benzene rings is 2. The van der Waals surface area contributed by atoms with Gasteiger partial charge in [-0.05, 0) is 12.1 Å². The second-order valence-electron chi connectivity index (χ2n) is 6.26. The predicted octanol–water partition coefficient (Wildman–Crippen LogP) is 2.84. The Morgan fingerprint density at radius 1 is 1.11 bits per heavy atom. The molecule has 1 saturated heterocycles. The summed E-state index contributed by atoms with van der Waals surface area (Å²) in [6, 6.07) is 9.20. The minimum Gasteiger partial charge on any atom is -0.493 e. The van der Waals surface area contributed by atoms with Gasteiger partial charge in [0, 0.05) is 25.1 Å². The van der Waals surface area contributed by atoms with Crippen LogP contribution in [0.4, 0.5) is 15.8 Å². The van der Waals surface area contributed by atoms with Crippen molar-refractivity contribution in [2.24, 2.45) is 5.92 Å². The molecule has 1 aliphatic rings. The Balaban J connectivity index is 1.81. The first kappa shape index (κ1) is 19.5. The first-order valence-corrected chi connectivity index (χ1v) is 8.64. The fraction of sp³-hybridized carbons (Fsp3) is 0.300. The van der Waals surface area contributed by atoms with Crippen molar-refractivity contribution in [1.29, 1.82) is 0 Å². The summed E-state index contributed by atoms with van der Waals surface area (Å²) in [5.41, 5.74) is 0.617. The number of methoxy groups -OCH3 is 3. The smallest absolute Gasteiger partial charge is 0.229 e. The van der Waals surface area contributed by atoms with Crippen LogP contribution >= 0.6 is 0 Å². The number of hydrogen-bond donors (Lipinski definition) is 1. The van der Waals surface area contributed by atoms with Gasteiger partial charge in [-0.15, -0.1) is 0 Å². The van der Waals surface area contributed by atoms with Gasteiger partial charge in [0.05, 0.1) is 38.6 Å². The number of para-hydroxylation sites is 1. The van der Waals surface area contributed by atoms with Crippen LogP contribution in [0.3, 0.4) is 0 Å². The second-order valence-corrected chi connectivity index (χ2v) is 6.26. The van der Waals surface area contributed by atoms with E-state index in [9.17, 15) is 14.0 Å². The minimum absolute atomic E-state index is 0.0247. The maximum absolute atomic E-state index is 13.8. The van der Waals surface area contributed by atoms with E-state index < -0.39 is 17.6 Å². The molecule has 0 aromatic heterocycles. The van der Waals surface area contributed by atoms with Crippen molar-refractivity contribution < 1.29 is 28.2 Å². The number of rotatable bonds is 6. The monoisotopic (exact) mass is 388 g/mol. The lowest BCUT2D eigenvalue weighted by Crippen LogP contribution is -2.28. The molecule has 7 nitrogen and oxygen atoms in total. The number of ether oxygens (including phenoxy) is 3. The van der Waals surface area contributed by atoms with Gasteiger partial charge in [0.1, 0.15) is 5.82 Å². The van der Waals surface area contributed by atoms with Crippen LogP contribution < -0.4 is 24.4 Å². The highest BCUT2D eigenvalue weighted by Crippen LogP contribution is 2.42. The molecule has 2 amide bonds. The quantitative estimate of drug-likeness (QED) is 0.824. The van der Waals surface area contributed by atoms with Crippen molar-refractivity contribution in [2.75, 3.05) is 38.1 Å². The summed E-state index contributed by atoms with van der Waals surface area (Å²) in [5, 5.41) is 2.55. The molecular formula is C20H21FN2O5. The lowest BCUT2D eigenvalue weighted by atomic mass is 10.1. The Morgan fingerprint density at radius 3 is 2.32 bits per heavy atom. The summed E-state index contributed by atoms with van der Waals surface area (Å²) in [6.07, 6.45) is 0.0247. The van der Waals surface area contributed by atoms with Crippen LogP contribution in [0.15, 0.2) is 36.4 Å². The second kappa shape index (κ2) is 8.16. The Hall–Kier alpha value is -3.29. The van der Waals surface area contributed by atoms with Crippen molar-refractivity contribution in [3.8, 4) is 17.2 Å². The van der Waals surface area contributed by atoms with Gasteiger partial charge in [-0.1, -0.05) is 12.1 Å². The zero-order chi connectivity index (χ0) is 20.3. The summed E-state index contributed by atoms with van der Waals surface area (Å²) >= 11 is 0. The average Bonchev–Trinajstić information content (AvgIpc) is 3.10. The van der Waals surface area contributed by atoms with Crippen LogP contribution in [0, 0.1) is 11.7 Å². The first-order chi connectivity index (χ1) is 13.5. The van der Waals surface area contributed by atoms with E-state index in [1.54, 1.807) is 18.2 Å². The van der Waals surface area contributed by atoms with Gasteiger partial charge in [-0.25, -0.2) is 4.39 Å². The van der Waals surface area contributed by atoms with Gasteiger partial charge in [0.2, 0.25) is 17.6 Å². The Kier molecular flexibility index (Phi) is 5.67. The molecule has 0 saturated carbocycles. The largest absolute Gasteiger partial charge is 0.493 e. The molecular weight excluding hydrogens is 367 g/mol. The van der Waals surface area contributed by atoms with Crippen LogP contribution in [-0.4, -0.2) is 39.7 Å². The number of carbonyl (C=O) groups is 2. The third-order valence-corrected chi connectivity index (χ3v) is 4.59. The summed E-state index contributed by atoms with van der Waals surface area (Å²) in [6.45, 7) is 0.164. The van der Waals surface area contributed by atoms with E-state index in [1.807, 2.05) is 0 Å². The molecule has 1 atom stereocenters. The SMILES string of the molecule is COc1cc(N2CC(C(=O)Nc3ccccc3F)CC2=O)cc(OC)c1OC. The Bertz CT molecular complexity index is 877. The number of nitrogens with one attached hydrogen (secondary N) is 1. The fourth-order valence-corrected chi connectivity index (χ4v) is 3.15. The Labute approximate surface area is 162 Å². The fourth-order valence-electron chi connectivity index (χ4n) is 3.15. The van der Waals surface area contributed by atoms with E-state index in [-0.39, 0.29) is 24.6 Å². The molecule has 0 radical (unpaired) electrons. The first-order valence-electron chi connectivity index (χ1n) is 8.64. The lowest BCUT2D eigenvalue weighted by Gasteiger charge is -2.20. The van der Waals surface area contributed by atoms with Crippen LogP contribution in [0.2, 0.25) is 0 Å². The van der Waals surface area contributed by atoms with Crippen molar-refractivity contribution >= 4 is 23.2 Å². The summed E-state index contributed by atoms with van der Waals surface area (Å²) < 4.78 is 29.7. The highest BCUT2D eigenvalue weighted by Gasteiger charge is 2.36. The third kappa shape index (κ3) is 3.71. The van der Waals surface area contributed by atoms with Crippen LogP contribution in [0.1, 0.15) is 6.42 Å². The topological polar surface area (TPSA) is 77.1 Å². The van der Waals surface area contributed by atoms with Crippen LogP contribution in [0.5, 0.6) is 17.2 Å². The van der Waals surface area contributed by atoms with Crippen LogP contribution in [0.25, 0.3) is 0 Å². The zero-order valence-electron chi connectivity index (χ0n) is 15.8. The van der Waals surface area contributed by atoms with Crippen molar-refractivity contribution in [3.05, 3.63) is 42.2 Å². The van der Waals surface area contributed by atoms with Gasteiger partial charge in [0.15, 0.2) is 11.5 Å². The van der Waals surface area contributed by atoms with Crippen LogP contribution in [-0.2, 0) is 9.59 Å². The van der Waals surface area contributed by atoms with Gasteiger partial charge in [0.25, 0.3) is 0 Å². The highest BCUT2D eigenvalue weighted by atomic mass is 19.1. The molecule has 28 heavy (non-hydrogen) atoms. The normalized spacial score (nSPS) is 16.1. The standard InChI is InChI=1S/C20H21FN2O5/c1-26-16-9-13(10-17(27-2)19(16)28-3)23-11-12(8-18(23)24)20(25)22-15-7-5-4-6-14(15)21/h4-7,9-10,12H,8,11H2,1-3H3,(H,22,25). The third-order valence-electron chi connectivity index (χ3n) is 4.59. The minimum atomic E-state index is -0.605. The van der Waals surface area contributed by atoms with Gasteiger partial charge >= 0.3 is 0 Å². The molecule has 1 aliphatic heterocycles. The number of hydrogen-bond acceptors (Lipinski definition) is 5. The van der Waals surface area contributed by atoms with Gasteiger partial charge in [-0.2, -0.15) is 0 Å². The van der Waals surface area contributed by atoms with E-state index >= 15 is 0 Å². The van der Waals surface area contributed by atoms with Gasteiger partial charge in [-0.3, -0.25) is 9.59 Å². The molecule has 0 spiro atoms. The molecule has 1 heterocycles. The van der Waals surface area contributed by atoms with E-state index in [0.717, 1.165) is 0 Å². The molecule has 1 unspecified atom stereocenters. The maximum Gasteiger partial charge on any atom is 0.229 e. The summed E-state index contributed by atoms with van der Waals surface area (Å²) in [4.78, 5) is 26.5. The number of anilines is 2. The van der Waals surface area contributed by atoms with E-state index in [4.69, 9.17) is 14.2 Å². The predicted molar refractivity (Wildman–Crippen MR) is 102 cm³/mol. The molecule has 2 aromatic rings. The lowest BCUT2D eigenvalue weighted by molar-refractivity contribution is -0.122. The van der Waals surface area contributed by atoms with E-state index in [1.165, 1.54) is 44.4 Å². The molecule has 0 bridgehead atoms. The zero-order valence-corrected chi connectivity index (χ0v) is 15.8. The molecule has 3 rings (SSSR count). The average molecular weight is 388 g/mol. The Morgan fingerprint density at radius 2 is 1.75 bits per heavy atom. The summed E-state index contributed by atoms with van der Waals surface area (Å²) in [5.74, 6) is -0.536. The molecule has 0 aliphatic carbocycles. The number of halogens is 1. The molecule has 2 aromatic carbocycles. The molecule has 1 fully saturated rings.